The van der Waals surface area contributed by atoms with Crippen LogP contribution in [0.4, 0.5) is 0 Å². The van der Waals surface area contributed by atoms with E-state index in [0.29, 0.717) is 32.7 Å². The van der Waals surface area contributed by atoms with Gasteiger partial charge in [-0.25, -0.2) is 8.42 Å². The van der Waals surface area contributed by atoms with Crippen molar-refractivity contribution in [3.63, 3.8) is 0 Å². The van der Waals surface area contributed by atoms with Crippen molar-refractivity contribution < 1.29 is 22.7 Å². The molecule has 2 rings (SSSR count). The lowest BCUT2D eigenvalue weighted by atomic mass is 10.2. The molecule has 1 unspecified atom stereocenters. The lowest BCUT2D eigenvalue weighted by molar-refractivity contribution is -0.136. The predicted molar refractivity (Wildman–Crippen MR) is 112 cm³/mol. The molecule has 9 heteroatoms. The Morgan fingerprint density at radius 1 is 1.17 bits per heavy atom. The van der Waals surface area contributed by atoms with Crippen LogP contribution in [0.1, 0.15) is 12.5 Å². The number of benzene rings is 1. The number of amides is 2. The zero-order valence-corrected chi connectivity index (χ0v) is 17.9. The first-order valence-electron chi connectivity index (χ1n) is 9.49. The van der Waals surface area contributed by atoms with E-state index < -0.39 is 15.9 Å². The van der Waals surface area contributed by atoms with Gasteiger partial charge >= 0.3 is 0 Å². The molecule has 0 aromatic heterocycles. The molecule has 1 aliphatic heterocycles. The molecule has 1 fully saturated rings. The molecule has 1 saturated heterocycles. The maximum Gasteiger partial charge on any atom is 0.244 e. The molecule has 1 aromatic rings. The molecular formula is C20H29N3O5S. The molecule has 0 aliphatic carbocycles. The maximum atomic E-state index is 12.6. The van der Waals surface area contributed by atoms with Crippen molar-refractivity contribution in [2.75, 3.05) is 51.8 Å². The Morgan fingerprint density at radius 2 is 1.79 bits per heavy atom. The van der Waals surface area contributed by atoms with Gasteiger partial charge in [-0.05, 0) is 30.7 Å². The number of methoxy groups -OCH3 is 1. The van der Waals surface area contributed by atoms with Crippen LogP contribution in [0.3, 0.4) is 0 Å². The zero-order valence-electron chi connectivity index (χ0n) is 17.1. The van der Waals surface area contributed by atoms with E-state index in [1.807, 2.05) is 17.0 Å². The van der Waals surface area contributed by atoms with Gasteiger partial charge in [0.2, 0.25) is 11.8 Å². The highest BCUT2D eigenvalue weighted by molar-refractivity contribution is 7.90. The number of carbonyl (C=O) groups is 2. The van der Waals surface area contributed by atoms with E-state index in [1.165, 1.54) is 12.3 Å². The highest BCUT2D eigenvalue weighted by Crippen LogP contribution is 2.12. The first-order chi connectivity index (χ1) is 13.7. The fraction of sp³-hybridized carbons (Fsp3) is 0.500. The molecule has 2 amide bonds. The summed E-state index contributed by atoms with van der Waals surface area (Å²) in [6, 6.07) is 6.64. The van der Waals surface area contributed by atoms with Crippen LogP contribution in [-0.2, 0) is 19.4 Å². The van der Waals surface area contributed by atoms with Gasteiger partial charge in [0.15, 0.2) is 0 Å². The summed E-state index contributed by atoms with van der Waals surface area (Å²) in [6.07, 6.45) is 4.29. The SMILES string of the molecule is COc1ccc(/C=C/C(=O)NC(C)C(=O)N2CCN(CCS(C)(=O)=O)CC2)cc1. The highest BCUT2D eigenvalue weighted by Gasteiger charge is 2.25. The van der Waals surface area contributed by atoms with Crippen LogP contribution in [0, 0.1) is 0 Å². The van der Waals surface area contributed by atoms with E-state index in [0.717, 1.165) is 11.3 Å². The van der Waals surface area contributed by atoms with Gasteiger partial charge < -0.3 is 15.0 Å². The predicted octanol–water partition coefficient (Wildman–Crippen LogP) is 0.402. The summed E-state index contributed by atoms with van der Waals surface area (Å²) >= 11 is 0. The number of carbonyl (C=O) groups excluding carboxylic acids is 2. The van der Waals surface area contributed by atoms with Crippen LogP contribution >= 0.6 is 0 Å². The van der Waals surface area contributed by atoms with Crippen molar-refractivity contribution in [3.8, 4) is 5.75 Å². The van der Waals surface area contributed by atoms with Crippen molar-refractivity contribution in [3.05, 3.63) is 35.9 Å². The van der Waals surface area contributed by atoms with Crippen LogP contribution in [0.2, 0.25) is 0 Å². The zero-order chi connectivity index (χ0) is 21.4. The van der Waals surface area contributed by atoms with Gasteiger partial charge in [-0.1, -0.05) is 12.1 Å². The molecule has 0 bridgehead atoms. The fourth-order valence-corrected chi connectivity index (χ4v) is 3.56. The minimum atomic E-state index is -2.99. The second-order valence-electron chi connectivity index (χ2n) is 7.13. The molecule has 1 atom stereocenters. The standard InChI is InChI=1S/C20H29N3O5S/c1-16(21-19(24)9-6-17-4-7-18(28-2)8-5-17)20(25)23-12-10-22(11-13-23)14-15-29(3,26)27/h4-9,16H,10-15H2,1-3H3,(H,21,24)/b9-6+. The number of nitrogens with zero attached hydrogens (tertiary/aromatic N) is 2. The molecule has 1 heterocycles. The third-order valence-corrected chi connectivity index (χ3v) is 5.66. The molecule has 1 N–H and O–H groups in total. The first kappa shape index (κ1) is 22.9. The minimum Gasteiger partial charge on any atom is -0.497 e. The molecule has 29 heavy (non-hydrogen) atoms. The van der Waals surface area contributed by atoms with E-state index in [9.17, 15) is 18.0 Å². The Balaban J connectivity index is 1.78. The van der Waals surface area contributed by atoms with Crippen molar-refractivity contribution in [2.45, 2.75) is 13.0 Å². The van der Waals surface area contributed by atoms with Gasteiger partial charge in [0, 0.05) is 45.1 Å². The van der Waals surface area contributed by atoms with Gasteiger partial charge in [-0.2, -0.15) is 0 Å². The lowest BCUT2D eigenvalue weighted by Gasteiger charge is -2.35. The van der Waals surface area contributed by atoms with Crippen LogP contribution in [0.15, 0.2) is 30.3 Å². The summed E-state index contributed by atoms with van der Waals surface area (Å²) in [5.74, 6) is 0.378. The molecule has 0 radical (unpaired) electrons. The van der Waals surface area contributed by atoms with Gasteiger partial charge in [0.1, 0.15) is 21.6 Å². The van der Waals surface area contributed by atoms with Crippen LogP contribution < -0.4 is 10.1 Å². The molecule has 0 saturated carbocycles. The molecule has 8 nitrogen and oxygen atoms in total. The topological polar surface area (TPSA) is 96.0 Å². The van der Waals surface area contributed by atoms with Crippen molar-refractivity contribution in [1.29, 1.82) is 0 Å². The number of piperazine rings is 1. The summed E-state index contributed by atoms with van der Waals surface area (Å²) in [5, 5.41) is 2.69. The normalized spacial score (nSPS) is 16.6. The lowest BCUT2D eigenvalue weighted by Crippen LogP contribution is -2.54. The maximum absolute atomic E-state index is 12.6. The number of hydrogen-bond acceptors (Lipinski definition) is 6. The number of nitrogens with one attached hydrogen (secondary N) is 1. The highest BCUT2D eigenvalue weighted by atomic mass is 32.2. The quantitative estimate of drug-likeness (QED) is 0.608. The molecular weight excluding hydrogens is 394 g/mol. The van der Waals surface area contributed by atoms with Crippen molar-refractivity contribution in [1.82, 2.24) is 15.1 Å². The molecule has 0 spiro atoms. The molecule has 1 aromatic carbocycles. The summed E-state index contributed by atoms with van der Waals surface area (Å²) in [4.78, 5) is 28.4. The third kappa shape index (κ3) is 7.86. The molecule has 160 valence electrons. The number of ether oxygens (including phenoxy) is 1. The Bertz CT molecular complexity index is 828. The first-order valence-corrected chi connectivity index (χ1v) is 11.6. The third-order valence-electron chi connectivity index (χ3n) is 4.73. The van der Waals surface area contributed by atoms with Crippen molar-refractivity contribution >= 4 is 27.7 Å². The summed E-state index contributed by atoms with van der Waals surface area (Å²) in [6.45, 7) is 4.42. The second kappa shape index (κ2) is 10.4. The van der Waals surface area contributed by atoms with Crippen molar-refractivity contribution in [2.24, 2.45) is 0 Å². The Kier molecular flexibility index (Phi) is 8.21. The van der Waals surface area contributed by atoms with Crippen LogP contribution in [0.25, 0.3) is 6.08 Å². The van der Waals surface area contributed by atoms with Gasteiger partial charge in [-0.15, -0.1) is 0 Å². The summed E-state index contributed by atoms with van der Waals surface area (Å²) < 4.78 is 27.6. The Morgan fingerprint density at radius 3 is 2.34 bits per heavy atom. The van der Waals surface area contributed by atoms with E-state index in [-0.39, 0.29) is 17.6 Å². The van der Waals surface area contributed by atoms with Gasteiger partial charge in [-0.3, -0.25) is 14.5 Å². The molecule has 1 aliphatic rings. The Hall–Kier alpha value is -2.39. The van der Waals surface area contributed by atoms with E-state index in [2.05, 4.69) is 5.32 Å². The van der Waals surface area contributed by atoms with Gasteiger partial charge in [0.25, 0.3) is 0 Å². The van der Waals surface area contributed by atoms with E-state index >= 15 is 0 Å². The largest absolute Gasteiger partial charge is 0.497 e. The average molecular weight is 424 g/mol. The summed E-state index contributed by atoms with van der Waals surface area (Å²) in [5.41, 5.74) is 0.852. The van der Waals surface area contributed by atoms with E-state index in [1.54, 1.807) is 37.1 Å². The van der Waals surface area contributed by atoms with Crippen LogP contribution in [0.5, 0.6) is 5.75 Å². The van der Waals surface area contributed by atoms with Crippen LogP contribution in [-0.4, -0.2) is 87.9 Å². The van der Waals surface area contributed by atoms with E-state index in [4.69, 9.17) is 4.74 Å². The fourth-order valence-electron chi connectivity index (χ4n) is 2.97. The minimum absolute atomic E-state index is 0.119. The smallest absolute Gasteiger partial charge is 0.244 e. The summed E-state index contributed by atoms with van der Waals surface area (Å²) in [7, 11) is -1.40. The monoisotopic (exact) mass is 423 g/mol. The second-order valence-corrected chi connectivity index (χ2v) is 9.39. The average Bonchev–Trinajstić information content (AvgIpc) is 2.70. The number of hydrogen-bond donors (Lipinski definition) is 1. The number of rotatable bonds is 8. The number of sulfone groups is 1. The Labute approximate surface area is 172 Å². The van der Waals surface area contributed by atoms with Gasteiger partial charge in [0.05, 0.1) is 12.9 Å².